The van der Waals surface area contributed by atoms with Crippen molar-refractivity contribution in [3.63, 3.8) is 0 Å². The van der Waals surface area contributed by atoms with Gasteiger partial charge in [-0.3, -0.25) is 0 Å². The van der Waals surface area contributed by atoms with E-state index in [-0.39, 0.29) is 0 Å². The molecule has 0 aliphatic rings. The quantitative estimate of drug-likeness (QED) is 0.196. The van der Waals surface area contributed by atoms with Gasteiger partial charge in [0.1, 0.15) is 0 Å². The van der Waals surface area contributed by atoms with Gasteiger partial charge in [0.2, 0.25) is 0 Å². The van der Waals surface area contributed by atoms with E-state index in [0.29, 0.717) is 0 Å². The highest BCUT2D eigenvalue weighted by Gasteiger charge is 1.91. The van der Waals surface area contributed by atoms with Crippen LogP contribution in [-0.2, 0) is 4.79 Å². The van der Waals surface area contributed by atoms with Gasteiger partial charge in [0, 0.05) is 6.08 Å². The number of aliphatic carboxylic acids is 1. The molecule has 0 spiro atoms. The summed E-state index contributed by atoms with van der Waals surface area (Å²) in [6.45, 7) is 2.26. The number of carboxylic acid groups (broad SMARTS) is 1. The molecule has 0 bridgehead atoms. The fourth-order valence-corrected chi connectivity index (χ4v) is 2.52. The SMILES string of the molecule is CCCCCCCCC=CCCCCCCC/C=C\C(=O)O. The van der Waals surface area contributed by atoms with Crippen LogP contribution in [0, 0.1) is 0 Å². The standard InChI is InChI=1S/C20H36O2/c1-2-3-4-5-6-7-8-9-10-11-12-13-14-15-16-17-18-19-20(21)22/h9-10,18-19H,2-8,11-17H2,1H3,(H,21,22)/b10-9?,19-18-. The van der Waals surface area contributed by atoms with Crippen LogP contribution in [0.2, 0.25) is 0 Å². The first-order chi connectivity index (χ1) is 10.8. The summed E-state index contributed by atoms with van der Waals surface area (Å²) in [6.07, 6.45) is 25.5. The molecular weight excluding hydrogens is 272 g/mol. The Kier molecular flexibility index (Phi) is 17.1. The lowest BCUT2D eigenvalue weighted by molar-refractivity contribution is -0.131. The van der Waals surface area contributed by atoms with Crippen molar-refractivity contribution < 1.29 is 9.90 Å². The number of carbonyl (C=O) groups is 1. The van der Waals surface area contributed by atoms with E-state index in [4.69, 9.17) is 5.11 Å². The average Bonchev–Trinajstić information content (AvgIpc) is 2.50. The molecule has 0 aromatic rings. The van der Waals surface area contributed by atoms with E-state index in [2.05, 4.69) is 19.1 Å². The molecule has 0 saturated carbocycles. The van der Waals surface area contributed by atoms with Gasteiger partial charge in [0.15, 0.2) is 0 Å². The molecule has 0 saturated heterocycles. The zero-order valence-electron chi connectivity index (χ0n) is 14.6. The lowest BCUT2D eigenvalue weighted by Gasteiger charge is -1.99. The van der Waals surface area contributed by atoms with Gasteiger partial charge in [0.05, 0.1) is 0 Å². The number of rotatable bonds is 16. The highest BCUT2D eigenvalue weighted by Crippen LogP contribution is 2.10. The Hall–Kier alpha value is -1.05. The number of allylic oxidation sites excluding steroid dienone is 3. The summed E-state index contributed by atoms with van der Waals surface area (Å²) in [5, 5.41) is 8.45. The maximum Gasteiger partial charge on any atom is 0.327 e. The zero-order chi connectivity index (χ0) is 16.3. The molecule has 0 atom stereocenters. The Balaban J connectivity index is 3.12. The third-order valence-corrected chi connectivity index (χ3v) is 3.89. The van der Waals surface area contributed by atoms with Crippen LogP contribution in [0.1, 0.15) is 96.8 Å². The van der Waals surface area contributed by atoms with Gasteiger partial charge < -0.3 is 5.11 Å². The van der Waals surface area contributed by atoms with Gasteiger partial charge in [0.25, 0.3) is 0 Å². The van der Waals surface area contributed by atoms with Crippen LogP contribution in [0.3, 0.4) is 0 Å². The molecule has 0 fully saturated rings. The summed E-state index contributed by atoms with van der Waals surface area (Å²) in [6, 6.07) is 0. The van der Waals surface area contributed by atoms with Gasteiger partial charge in [-0.2, -0.15) is 0 Å². The predicted octanol–water partition coefficient (Wildman–Crippen LogP) is 6.66. The van der Waals surface area contributed by atoms with Crippen molar-refractivity contribution in [1.29, 1.82) is 0 Å². The highest BCUT2D eigenvalue weighted by molar-refractivity contribution is 5.79. The Bertz CT molecular complexity index is 292. The summed E-state index contributed by atoms with van der Waals surface area (Å²) < 4.78 is 0. The number of carboxylic acids is 1. The largest absolute Gasteiger partial charge is 0.478 e. The van der Waals surface area contributed by atoms with Gasteiger partial charge in [-0.15, -0.1) is 0 Å². The van der Waals surface area contributed by atoms with Crippen molar-refractivity contribution in [3.8, 4) is 0 Å². The Morgan fingerprint density at radius 1 is 0.682 bits per heavy atom. The van der Waals surface area contributed by atoms with Crippen LogP contribution in [-0.4, -0.2) is 11.1 Å². The highest BCUT2D eigenvalue weighted by atomic mass is 16.4. The number of unbranched alkanes of at least 4 members (excludes halogenated alkanes) is 12. The summed E-state index contributed by atoms with van der Waals surface area (Å²) in [5.74, 6) is -0.840. The molecule has 2 heteroatoms. The summed E-state index contributed by atoms with van der Waals surface area (Å²) in [4.78, 5) is 10.3. The topological polar surface area (TPSA) is 37.3 Å². The molecular formula is C20H36O2. The minimum atomic E-state index is -0.840. The van der Waals surface area contributed by atoms with Crippen LogP contribution >= 0.6 is 0 Å². The molecule has 1 N–H and O–H groups in total. The van der Waals surface area contributed by atoms with E-state index < -0.39 is 5.97 Å². The summed E-state index contributed by atoms with van der Waals surface area (Å²) in [5.41, 5.74) is 0. The van der Waals surface area contributed by atoms with Crippen molar-refractivity contribution in [2.24, 2.45) is 0 Å². The fourth-order valence-electron chi connectivity index (χ4n) is 2.52. The third-order valence-electron chi connectivity index (χ3n) is 3.89. The first kappa shape index (κ1) is 20.9. The van der Waals surface area contributed by atoms with E-state index in [1.54, 1.807) is 6.08 Å². The van der Waals surface area contributed by atoms with E-state index in [1.807, 2.05) is 0 Å². The second-order valence-corrected chi connectivity index (χ2v) is 6.11. The molecule has 0 aromatic carbocycles. The number of hydrogen-bond donors (Lipinski definition) is 1. The van der Waals surface area contributed by atoms with Crippen LogP contribution in [0.25, 0.3) is 0 Å². The lowest BCUT2D eigenvalue weighted by atomic mass is 10.1. The van der Waals surface area contributed by atoms with Crippen LogP contribution < -0.4 is 0 Å². The normalized spacial score (nSPS) is 11.7. The zero-order valence-corrected chi connectivity index (χ0v) is 14.6. The average molecular weight is 309 g/mol. The lowest BCUT2D eigenvalue weighted by Crippen LogP contribution is -1.85. The number of hydrogen-bond acceptors (Lipinski definition) is 1. The molecule has 0 amide bonds. The molecule has 2 nitrogen and oxygen atoms in total. The maximum absolute atomic E-state index is 10.3. The first-order valence-corrected chi connectivity index (χ1v) is 9.31. The third kappa shape index (κ3) is 18.9. The maximum atomic E-state index is 10.3. The van der Waals surface area contributed by atoms with E-state index in [0.717, 1.165) is 12.8 Å². The van der Waals surface area contributed by atoms with Gasteiger partial charge in [-0.05, 0) is 38.5 Å². The second kappa shape index (κ2) is 18.0. The van der Waals surface area contributed by atoms with E-state index in [9.17, 15) is 4.79 Å². The monoisotopic (exact) mass is 308 g/mol. The minimum absolute atomic E-state index is 0.840. The van der Waals surface area contributed by atoms with Crippen molar-refractivity contribution in [2.45, 2.75) is 96.8 Å². The summed E-state index contributed by atoms with van der Waals surface area (Å²) in [7, 11) is 0. The van der Waals surface area contributed by atoms with Crippen molar-refractivity contribution in [2.75, 3.05) is 0 Å². The van der Waals surface area contributed by atoms with Crippen molar-refractivity contribution in [1.82, 2.24) is 0 Å². The summed E-state index contributed by atoms with van der Waals surface area (Å²) >= 11 is 0. The Morgan fingerprint density at radius 2 is 1.09 bits per heavy atom. The Labute approximate surface area is 137 Å². The van der Waals surface area contributed by atoms with Crippen molar-refractivity contribution in [3.05, 3.63) is 24.3 Å². The molecule has 0 aromatic heterocycles. The molecule has 0 aliphatic heterocycles. The first-order valence-electron chi connectivity index (χ1n) is 9.31. The van der Waals surface area contributed by atoms with E-state index in [1.165, 1.54) is 83.1 Å². The van der Waals surface area contributed by atoms with Gasteiger partial charge in [-0.25, -0.2) is 4.79 Å². The van der Waals surface area contributed by atoms with Crippen LogP contribution in [0.15, 0.2) is 24.3 Å². The van der Waals surface area contributed by atoms with Crippen molar-refractivity contribution >= 4 is 5.97 Å². The molecule has 0 aliphatic carbocycles. The van der Waals surface area contributed by atoms with Crippen LogP contribution in [0.5, 0.6) is 0 Å². The van der Waals surface area contributed by atoms with Crippen LogP contribution in [0.4, 0.5) is 0 Å². The van der Waals surface area contributed by atoms with Gasteiger partial charge in [-0.1, -0.05) is 76.5 Å². The smallest absolute Gasteiger partial charge is 0.327 e. The second-order valence-electron chi connectivity index (χ2n) is 6.11. The molecule has 0 unspecified atom stereocenters. The minimum Gasteiger partial charge on any atom is -0.478 e. The molecule has 128 valence electrons. The fraction of sp³-hybridized carbons (Fsp3) is 0.750. The Morgan fingerprint density at radius 3 is 1.55 bits per heavy atom. The van der Waals surface area contributed by atoms with E-state index >= 15 is 0 Å². The molecule has 0 heterocycles. The van der Waals surface area contributed by atoms with Gasteiger partial charge >= 0.3 is 5.97 Å². The molecule has 0 radical (unpaired) electrons. The molecule has 22 heavy (non-hydrogen) atoms. The predicted molar refractivity (Wildman–Crippen MR) is 96.2 cm³/mol. The molecule has 0 rings (SSSR count).